The topological polar surface area (TPSA) is 9.23 Å². The van der Waals surface area contributed by atoms with Crippen molar-refractivity contribution in [1.82, 2.24) is 0 Å². The standard InChI is InChI=1S/C20H32OSi/c1-4-22(5-2,6-3)21-20(19-14-10-11-15-19)17-16-18-12-8-7-9-13-18/h12,14,20H,4-11,13,15H2,1-3H3. The molecule has 0 bridgehead atoms. The molecule has 1 atom stereocenters. The van der Waals surface area contributed by atoms with Gasteiger partial charge >= 0.3 is 0 Å². The van der Waals surface area contributed by atoms with Gasteiger partial charge in [0.1, 0.15) is 6.10 Å². The van der Waals surface area contributed by atoms with E-state index in [0.717, 1.165) is 6.42 Å². The highest BCUT2D eigenvalue weighted by Gasteiger charge is 2.33. The van der Waals surface area contributed by atoms with E-state index in [1.165, 1.54) is 67.8 Å². The Bertz CT molecular complexity index is 465. The quantitative estimate of drug-likeness (QED) is 0.332. The van der Waals surface area contributed by atoms with Crippen molar-refractivity contribution in [2.75, 3.05) is 0 Å². The van der Waals surface area contributed by atoms with Crippen LogP contribution >= 0.6 is 0 Å². The second kappa shape index (κ2) is 8.75. The van der Waals surface area contributed by atoms with Crippen LogP contribution < -0.4 is 0 Å². The first kappa shape index (κ1) is 17.6. The lowest BCUT2D eigenvalue weighted by Crippen LogP contribution is -2.40. The largest absolute Gasteiger partial charge is 0.400 e. The number of hydrogen-bond acceptors (Lipinski definition) is 1. The summed E-state index contributed by atoms with van der Waals surface area (Å²) >= 11 is 0. The third-order valence-electron chi connectivity index (χ3n) is 5.37. The van der Waals surface area contributed by atoms with Crippen molar-refractivity contribution in [2.45, 2.75) is 90.0 Å². The molecule has 0 heterocycles. The van der Waals surface area contributed by atoms with Gasteiger partial charge in [0.05, 0.1) is 0 Å². The van der Waals surface area contributed by atoms with Crippen LogP contribution in [0.1, 0.15) is 65.7 Å². The number of hydrogen-bond donors (Lipinski definition) is 0. The highest BCUT2D eigenvalue weighted by molar-refractivity contribution is 6.73. The monoisotopic (exact) mass is 316 g/mol. The van der Waals surface area contributed by atoms with Crippen LogP contribution in [0.2, 0.25) is 18.1 Å². The molecule has 0 saturated heterocycles. The van der Waals surface area contributed by atoms with E-state index in [0.29, 0.717) is 0 Å². The summed E-state index contributed by atoms with van der Waals surface area (Å²) in [6.07, 6.45) is 13.4. The molecule has 2 heteroatoms. The van der Waals surface area contributed by atoms with E-state index < -0.39 is 8.32 Å². The maximum absolute atomic E-state index is 6.73. The van der Waals surface area contributed by atoms with Crippen molar-refractivity contribution < 1.29 is 4.43 Å². The van der Waals surface area contributed by atoms with Gasteiger partial charge in [-0.3, -0.25) is 0 Å². The molecule has 0 aromatic carbocycles. The Morgan fingerprint density at radius 1 is 1.00 bits per heavy atom. The lowest BCUT2D eigenvalue weighted by Gasteiger charge is -2.31. The molecule has 1 nitrogen and oxygen atoms in total. The maximum Gasteiger partial charge on any atom is 0.194 e. The van der Waals surface area contributed by atoms with Crippen molar-refractivity contribution in [2.24, 2.45) is 0 Å². The first-order valence-corrected chi connectivity index (χ1v) is 11.8. The highest BCUT2D eigenvalue weighted by atomic mass is 28.4. The molecule has 2 aliphatic rings. The molecule has 2 rings (SSSR count). The van der Waals surface area contributed by atoms with Gasteiger partial charge < -0.3 is 4.43 Å². The molecule has 0 amide bonds. The lowest BCUT2D eigenvalue weighted by atomic mass is 9.99. The molecule has 1 unspecified atom stereocenters. The first-order valence-electron chi connectivity index (χ1n) is 9.30. The van der Waals surface area contributed by atoms with Gasteiger partial charge in [-0.1, -0.05) is 44.8 Å². The highest BCUT2D eigenvalue weighted by Crippen LogP contribution is 2.29. The summed E-state index contributed by atoms with van der Waals surface area (Å²) in [5, 5.41) is 0. The summed E-state index contributed by atoms with van der Waals surface area (Å²) in [5.74, 6) is 6.98. The molecule has 22 heavy (non-hydrogen) atoms. The average Bonchev–Trinajstić information content (AvgIpc) is 3.11. The van der Waals surface area contributed by atoms with E-state index in [4.69, 9.17) is 4.43 Å². The Morgan fingerprint density at radius 3 is 2.27 bits per heavy atom. The van der Waals surface area contributed by atoms with Crippen LogP contribution in [0.5, 0.6) is 0 Å². The van der Waals surface area contributed by atoms with Gasteiger partial charge in [-0.2, -0.15) is 0 Å². The normalized spacial score (nSPS) is 20.0. The Hall–Kier alpha value is -0.783. The van der Waals surface area contributed by atoms with Crippen LogP contribution in [0.4, 0.5) is 0 Å². The van der Waals surface area contributed by atoms with Gasteiger partial charge in [-0.15, -0.1) is 0 Å². The maximum atomic E-state index is 6.73. The minimum Gasteiger partial charge on any atom is -0.400 e. The second-order valence-electron chi connectivity index (χ2n) is 6.66. The van der Waals surface area contributed by atoms with E-state index in [-0.39, 0.29) is 6.10 Å². The molecule has 122 valence electrons. The number of allylic oxidation sites excluding steroid dienone is 3. The molecule has 2 aliphatic carbocycles. The molecule has 0 aliphatic heterocycles. The van der Waals surface area contributed by atoms with E-state index in [9.17, 15) is 0 Å². The van der Waals surface area contributed by atoms with Gasteiger partial charge in [0.2, 0.25) is 0 Å². The fourth-order valence-corrected chi connectivity index (χ4v) is 6.20. The Labute approximate surface area is 138 Å². The molecule has 0 aromatic rings. The van der Waals surface area contributed by atoms with E-state index in [2.05, 4.69) is 44.8 Å². The zero-order valence-corrected chi connectivity index (χ0v) is 15.7. The third kappa shape index (κ3) is 4.60. The van der Waals surface area contributed by atoms with Crippen molar-refractivity contribution in [3.63, 3.8) is 0 Å². The summed E-state index contributed by atoms with van der Waals surface area (Å²) in [6.45, 7) is 6.91. The van der Waals surface area contributed by atoms with Crippen molar-refractivity contribution in [3.05, 3.63) is 23.3 Å². The molecule has 0 saturated carbocycles. The Morgan fingerprint density at radius 2 is 1.73 bits per heavy atom. The molecule has 0 spiro atoms. The second-order valence-corrected chi connectivity index (χ2v) is 11.4. The summed E-state index contributed by atoms with van der Waals surface area (Å²) in [5.41, 5.74) is 2.80. The zero-order valence-electron chi connectivity index (χ0n) is 14.7. The summed E-state index contributed by atoms with van der Waals surface area (Å²) in [4.78, 5) is 0. The van der Waals surface area contributed by atoms with Gasteiger partial charge in [-0.05, 0) is 74.2 Å². The fourth-order valence-electron chi connectivity index (χ4n) is 3.49. The van der Waals surface area contributed by atoms with Crippen LogP contribution in [0.25, 0.3) is 0 Å². The van der Waals surface area contributed by atoms with Gasteiger partial charge in [0.15, 0.2) is 8.32 Å². The van der Waals surface area contributed by atoms with Crippen molar-refractivity contribution in [3.8, 4) is 11.8 Å². The van der Waals surface area contributed by atoms with Gasteiger partial charge in [0.25, 0.3) is 0 Å². The average molecular weight is 317 g/mol. The Kier molecular flexibility index (Phi) is 6.98. The predicted octanol–water partition coefficient (Wildman–Crippen LogP) is 5.99. The van der Waals surface area contributed by atoms with E-state index in [1.54, 1.807) is 0 Å². The van der Waals surface area contributed by atoms with Gasteiger partial charge in [0, 0.05) is 0 Å². The fraction of sp³-hybridized carbons (Fsp3) is 0.700. The van der Waals surface area contributed by atoms with Crippen LogP contribution in [-0.4, -0.2) is 14.4 Å². The van der Waals surface area contributed by atoms with Crippen LogP contribution in [-0.2, 0) is 4.43 Å². The summed E-state index contributed by atoms with van der Waals surface area (Å²) in [7, 11) is -1.60. The van der Waals surface area contributed by atoms with Crippen LogP contribution in [0, 0.1) is 11.8 Å². The Balaban J connectivity index is 2.16. The molecule has 0 fully saturated rings. The van der Waals surface area contributed by atoms with E-state index >= 15 is 0 Å². The zero-order chi connectivity index (χ0) is 15.8. The smallest absolute Gasteiger partial charge is 0.194 e. The molecular formula is C20H32OSi. The molecule has 0 radical (unpaired) electrons. The van der Waals surface area contributed by atoms with Gasteiger partial charge in [-0.25, -0.2) is 0 Å². The van der Waals surface area contributed by atoms with Crippen molar-refractivity contribution >= 4 is 8.32 Å². The summed E-state index contributed by atoms with van der Waals surface area (Å²) in [6, 6.07) is 3.61. The SMILES string of the molecule is CC[Si](CC)(CC)OC(C#CC1=CCCCC1)C1=CCCC1. The number of rotatable bonds is 6. The third-order valence-corrected chi connectivity index (χ3v) is 9.97. The van der Waals surface area contributed by atoms with E-state index in [1.807, 2.05) is 0 Å². The minimum atomic E-state index is -1.60. The van der Waals surface area contributed by atoms with Crippen molar-refractivity contribution in [1.29, 1.82) is 0 Å². The van der Waals surface area contributed by atoms with Crippen LogP contribution in [0.3, 0.4) is 0 Å². The molecule has 0 N–H and O–H groups in total. The first-order chi connectivity index (χ1) is 10.7. The molecular weight excluding hydrogens is 284 g/mol. The predicted molar refractivity (Wildman–Crippen MR) is 98.3 cm³/mol. The van der Waals surface area contributed by atoms with Crippen LogP contribution in [0.15, 0.2) is 23.3 Å². The molecule has 0 aromatic heterocycles. The summed E-state index contributed by atoms with van der Waals surface area (Å²) < 4.78 is 6.73. The minimum absolute atomic E-state index is 0.0665. The lowest BCUT2D eigenvalue weighted by molar-refractivity contribution is 0.272.